The van der Waals surface area contributed by atoms with E-state index in [9.17, 15) is 18.4 Å². The van der Waals surface area contributed by atoms with E-state index in [1.54, 1.807) is 4.90 Å². The summed E-state index contributed by atoms with van der Waals surface area (Å²) in [5, 5.41) is 2.56. The van der Waals surface area contributed by atoms with Gasteiger partial charge in [-0.1, -0.05) is 0 Å². The Balaban J connectivity index is 1.85. The quantitative estimate of drug-likeness (QED) is 0.742. The fourth-order valence-corrected chi connectivity index (χ4v) is 2.61. The lowest BCUT2D eigenvalue weighted by Crippen LogP contribution is -2.47. The Morgan fingerprint density at radius 1 is 1.32 bits per heavy atom. The molecular formula is C12H18F2N2O3. The maximum Gasteiger partial charge on any atom is 0.308 e. The summed E-state index contributed by atoms with van der Waals surface area (Å²) < 4.78 is 30.7. The molecule has 108 valence electrons. The van der Waals surface area contributed by atoms with Crippen molar-refractivity contribution in [3.8, 4) is 0 Å². The first-order chi connectivity index (χ1) is 8.93. The lowest BCUT2D eigenvalue weighted by molar-refractivity contribution is -0.149. The zero-order valence-corrected chi connectivity index (χ0v) is 10.8. The number of piperidine rings is 1. The summed E-state index contributed by atoms with van der Waals surface area (Å²) in [7, 11) is 1.34. The molecule has 1 amide bonds. The number of halogens is 2. The highest BCUT2D eigenvalue weighted by Gasteiger charge is 2.44. The number of carbonyl (C=O) groups excluding carboxylic acids is 2. The maximum atomic E-state index is 13.0. The summed E-state index contributed by atoms with van der Waals surface area (Å²) in [6, 6.07) is -0.801. The third-order valence-corrected chi connectivity index (χ3v) is 3.75. The van der Waals surface area contributed by atoms with Gasteiger partial charge in [0, 0.05) is 19.5 Å². The number of amides is 1. The molecule has 2 saturated heterocycles. The first-order valence-corrected chi connectivity index (χ1v) is 6.41. The van der Waals surface area contributed by atoms with Crippen LogP contribution < -0.4 is 5.32 Å². The fourth-order valence-electron chi connectivity index (χ4n) is 2.61. The Morgan fingerprint density at radius 2 is 1.95 bits per heavy atom. The average Bonchev–Trinajstić information content (AvgIpc) is 2.77. The second kappa shape index (κ2) is 5.40. The van der Waals surface area contributed by atoms with Gasteiger partial charge in [-0.05, 0) is 12.8 Å². The van der Waals surface area contributed by atoms with Gasteiger partial charge >= 0.3 is 5.97 Å². The topological polar surface area (TPSA) is 58.6 Å². The number of carbonyl (C=O) groups is 2. The van der Waals surface area contributed by atoms with Crippen LogP contribution in [-0.2, 0) is 14.3 Å². The smallest absolute Gasteiger partial charge is 0.308 e. The SMILES string of the molecule is COC(=O)C1CCN(C(=O)C2CC(F)(F)CN2)CC1. The van der Waals surface area contributed by atoms with Crippen LogP contribution in [0.3, 0.4) is 0 Å². The van der Waals surface area contributed by atoms with E-state index in [-0.39, 0.29) is 17.8 Å². The number of likely N-dealkylation sites (tertiary alicyclic amines) is 1. The highest BCUT2D eigenvalue weighted by molar-refractivity contribution is 5.83. The van der Waals surface area contributed by atoms with E-state index in [1.165, 1.54) is 7.11 Å². The van der Waals surface area contributed by atoms with Crippen molar-refractivity contribution in [1.29, 1.82) is 0 Å². The Bertz CT molecular complexity index is 368. The number of hydrogen-bond acceptors (Lipinski definition) is 4. The molecule has 0 saturated carbocycles. The molecule has 2 heterocycles. The van der Waals surface area contributed by atoms with E-state index in [2.05, 4.69) is 10.1 Å². The highest BCUT2D eigenvalue weighted by Crippen LogP contribution is 2.27. The molecular weight excluding hydrogens is 258 g/mol. The van der Waals surface area contributed by atoms with Crippen molar-refractivity contribution in [2.24, 2.45) is 5.92 Å². The van der Waals surface area contributed by atoms with Gasteiger partial charge in [-0.3, -0.25) is 14.9 Å². The second-order valence-electron chi connectivity index (χ2n) is 5.12. The van der Waals surface area contributed by atoms with Crippen LogP contribution in [0.2, 0.25) is 0 Å². The third-order valence-electron chi connectivity index (χ3n) is 3.75. The van der Waals surface area contributed by atoms with Gasteiger partial charge in [0.15, 0.2) is 0 Å². The van der Waals surface area contributed by atoms with E-state index in [0.29, 0.717) is 25.9 Å². The standard InChI is InChI=1S/C12H18F2N2O3/c1-19-11(18)8-2-4-16(5-3-8)10(17)9-6-12(13,14)7-15-9/h8-9,15H,2-7H2,1H3. The van der Waals surface area contributed by atoms with Gasteiger partial charge in [0.1, 0.15) is 0 Å². The highest BCUT2D eigenvalue weighted by atomic mass is 19.3. The molecule has 0 aliphatic carbocycles. The van der Waals surface area contributed by atoms with Gasteiger partial charge in [-0.25, -0.2) is 8.78 Å². The molecule has 2 aliphatic rings. The molecule has 2 aliphatic heterocycles. The minimum atomic E-state index is -2.80. The molecule has 2 rings (SSSR count). The van der Waals surface area contributed by atoms with Crippen LogP contribution in [0.25, 0.3) is 0 Å². The first-order valence-electron chi connectivity index (χ1n) is 6.41. The molecule has 1 N–H and O–H groups in total. The summed E-state index contributed by atoms with van der Waals surface area (Å²) in [6.45, 7) is 0.396. The molecule has 5 nitrogen and oxygen atoms in total. The Morgan fingerprint density at radius 3 is 2.42 bits per heavy atom. The molecule has 0 radical (unpaired) electrons. The predicted molar refractivity (Wildman–Crippen MR) is 62.7 cm³/mol. The number of methoxy groups -OCH3 is 1. The number of nitrogens with zero attached hydrogens (tertiary/aromatic N) is 1. The normalized spacial score (nSPS) is 27.3. The van der Waals surface area contributed by atoms with Crippen molar-refractivity contribution in [3.63, 3.8) is 0 Å². The maximum absolute atomic E-state index is 13.0. The van der Waals surface area contributed by atoms with Crippen LogP contribution >= 0.6 is 0 Å². The van der Waals surface area contributed by atoms with E-state index < -0.39 is 24.9 Å². The number of ether oxygens (including phenoxy) is 1. The van der Waals surface area contributed by atoms with Gasteiger partial charge in [-0.15, -0.1) is 0 Å². The van der Waals surface area contributed by atoms with Gasteiger partial charge in [0.2, 0.25) is 5.91 Å². The van der Waals surface area contributed by atoms with Crippen molar-refractivity contribution in [1.82, 2.24) is 10.2 Å². The number of esters is 1. The third kappa shape index (κ3) is 3.20. The average molecular weight is 276 g/mol. The van der Waals surface area contributed by atoms with Crippen LogP contribution in [0.4, 0.5) is 8.78 Å². The summed E-state index contributed by atoms with van der Waals surface area (Å²) >= 11 is 0. The van der Waals surface area contributed by atoms with E-state index in [4.69, 9.17) is 0 Å². The zero-order valence-electron chi connectivity index (χ0n) is 10.8. The first kappa shape index (κ1) is 14.2. The lowest BCUT2D eigenvalue weighted by Gasteiger charge is -2.32. The molecule has 1 unspecified atom stereocenters. The number of hydrogen-bond donors (Lipinski definition) is 1. The largest absolute Gasteiger partial charge is 0.469 e. The van der Waals surface area contributed by atoms with Crippen LogP contribution in [0.15, 0.2) is 0 Å². The summed E-state index contributed by atoms with van der Waals surface area (Å²) in [6.07, 6.45) is 0.617. The minimum Gasteiger partial charge on any atom is -0.469 e. The van der Waals surface area contributed by atoms with E-state index in [1.807, 2.05) is 0 Å². The monoisotopic (exact) mass is 276 g/mol. The van der Waals surface area contributed by atoms with Crippen LogP contribution in [0.5, 0.6) is 0 Å². The van der Waals surface area contributed by atoms with Crippen LogP contribution in [0.1, 0.15) is 19.3 Å². The lowest BCUT2D eigenvalue weighted by atomic mass is 9.96. The van der Waals surface area contributed by atoms with E-state index >= 15 is 0 Å². The Hall–Kier alpha value is -1.24. The molecule has 1 atom stereocenters. The molecule has 7 heteroatoms. The molecule has 0 aromatic heterocycles. The molecule has 0 bridgehead atoms. The molecule has 0 aromatic rings. The van der Waals surface area contributed by atoms with Gasteiger partial charge in [0.25, 0.3) is 5.92 Å². The number of rotatable bonds is 2. The van der Waals surface area contributed by atoms with E-state index in [0.717, 1.165) is 0 Å². The summed E-state index contributed by atoms with van der Waals surface area (Å²) in [5.74, 6) is -3.55. The fraction of sp³-hybridized carbons (Fsp3) is 0.833. The summed E-state index contributed by atoms with van der Waals surface area (Å²) in [5.41, 5.74) is 0. The molecule has 0 spiro atoms. The Labute approximate surface area is 110 Å². The minimum absolute atomic E-state index is 0.188. The van der Waals surface area contributed by atoms with Gasteiger partial charge < -0.3 is 9.64 Å². The predicted octanol–water partition coefficient (Wildman–Crippen LogP) is 0.395. The second-order valence-corrected chi connectivity index (χ2v) is 5.12. The van der Waals surface area contributed by atoms with Crippen molar-refractivity contribution >= 4 is 11.9 Å². The number of alkyl halides is 2. The van der Waals surface area contributed by atoms with Crippen LogP contribution in [-0.4, -0.2) is 55.5 Å². The molecule has 2 fully saturated rings. The Kier molecular flexibility index (Phi) is 4.03. The zero-order chi connectivity index (χ0) is 14.0. The van der Waals surface area contributed by atoms with Crippen LogP contribution in [0, 0.1) is 5.92 Å². The van der Waals surface area contributed by atoms with Crippen molar-refractivity contribution in [2.45, 2.75) is 31.2 Å². The summed E-state index contributed by atoms with van der Waals surface area (Å²) in [4.78, 5) is 24.9. The molecule has 0 aromatic carbocycles. The molecule has 19 heavy (non-hydrogen) atoms. The van der Waals surface area contributed by atoms with Crippen molar-refractivity contribution in [2.75, 3.05) is 26.7 Å². The van der Waals surface area contributed by atoms with Crippen molar-refractivity contribution in [3.05, 3.63) is 0 Å². The van der Waals surface area contributed by atoms with Gasteiger partial charge in [-0.2, -0.15) is 0 Å². The van der Waals surface area contributed by atoms with Gasteiger partial charge in [0.05, 0.1) is 25.6 Å². The number of nitrogens with one attached hydrogen (secondary N) is 1. The van der Waals surface area contributed by atoms with Crippen molar-refractivity contribution < 1.29 is 23.1 Å².